The lowest BCUT2D eigenvalue weighted by Crippen LogP contribution is -2.42. The van der Waals surface area contributed by atoms with Crippen LogP contribution in [0.2, 0.25) is 0 Å². The smallest absolute Gasteiger partial charge is 0.148 e. The number of nitrogens with zero attached hydrogens (tertiary/aromatic N) is 1. The van der Waals surface area contributed by atoms with Crippen LogP contribution in [0.5, 0.6) is 0 Å². The zero-order valence-electron chi connectivity index (χ0n) is 10.0. The summed E-state index contributed by atoms with van der Waals surface area (Å²) in [5.41, 5.74) is 6.46. The molecule has 0 amide bonds. The summed E-state index contributed by atoms with van der Waals surface area (Å²) in [6.07, 6.45) is 5.20. The lowest BCUT2D eigenvalue weighted by atomic mass is 9.96. The number of hydrazine groups is 1. The molecule has 3 nitrogen and oxygen atoms in total. The average molecular weight is 210 g/mol. The predicted molar refractivity (Wildman–Crippen MR) is 61.0 cm³/mol. The second-order valence-electron chi connectivity index (χ2n) is 4.61. The Hall–Kier alpha value is -0.540. The van der Waals surface area contributed by atoms with Crippen molar-refractivity contribution in [2.75, 3.05) is 6.61 Å². The van der Waals surface area contributed by atoms with Gasteiger partial charge in [0, 0.05) is 18.3 Å². The third kappa shape index (κ3) is 2.04. The summed E-state index contributed by atoms with van der Waals surface area (Å²) in [5, 5.41) is 2.30. The van der Waals surface area contributed by atoms with Crippen LogP contribution in [0.1, 0.15) is 46.5 Å². The molecule has 0 fully saturated rings. The number of hydrogen-bond donors (Lipinski definition) is 1. The molecule has 0 radical (unpaired) electrons. The highest BCUT2D eigenvalue weighted by Crippen LogP contribution is 2.34. The number of rotatable bonds is 3. The maximum Gasteiger partial charge on any atom is 0.148 e. The molecule has 0 bridgehead atoms. The number of hydrogen-bond acceptors (Lipinski definition) is 3. The van der Waals surface area contributed by atoms with Crippen molar-refractivity contribution in [2.45, 2.75) is 58.7 Å². The fourth-order valence-corrected chi connectivity index (χ4v) is 2.52. The van der Waals surface area contributed by atoms with Crippen LogP contribution < -0.4 is 5.43 Å². The molecule has 0 aromatic rings. The third-order valence-electron chi connectivity index (χ3n) is 3.19. The maximum absolute atomic E-state index is 5.74. The first-order valence-corrected chi connectivity index (χ1v) is 6.13. The van der Waals surface area contributed by atoms with Crippen molar-refractivity contribution in [3.05, 3.63) is 11.3 Å². The molecule has 0 saturated heterocycles. The molecule has 1 heterocycles. The molecule has 1 atom stereocenters. The molecule has 15 heavy (non-hydrogen) atoms. The Morgan fingerprint density at radius 2 is 2.13 bits per heavy atom. The minimum atomic E-state index is 0.146. The summed E-state index contributed by atoms with van der Waals surface area (Å²) in [4.78, 5) is 0. The van der Waals surface area contributed by atoms with Crippen LogP contribution in [0.15, 0.2) is 11.3 Å². The van der Waals surface area contributed by atoms with E-state index in [9.17, 15) is 0 Å². The first-order valence-electron chi connectivity index (χ1n) is 6.13. The fraction of sp³-hybridized carbons (Fsp3) is 0.833. The van der Waals surface area contributed by atoms with Crippen molar-refractivity contribution < 1.29 is 4.74 Å². The van der Waals surface area contributed by atoms with Gasteiger partial charge in [-0.05, 0) is 52.0 Å². The minimum Gasteiger partial charge on any atom is -0.358 e. The standard InChI is InChI=1S/C12H22N2O/c1-4-15-12-10-7-5-6-8-11(10)14(13-12)9(2)3/h9,12-13H,4-8H2,1-3H3. The van der Waals surface area contributed by atoms with Crippen LogP contribution in [-0.4, -0.2) is 23.9 Å². The third-order valence-corrected chi connectivity index (χ3v) is 3.19. The van der Waals surface area contributed by atoms with E-state index >= 15 is 0 Å². The molecule has 3 heteroatoms. The van der Waals surface area contributed by atoms with Crippen molar-refractivity contribution in [2.24, 2.45) is 0 Å². The Labute approximate surface area is 92.4 Å². The van der Waals surface area contributed by atoms with Gasteiger partial charge in [0.25, 0.3) is 0 Å². The molecule has 1 aliphatic carbocycles. The van der Waals surface area contributed by atoms with E-state index < -0.39 is 0 Å². The monoisotopic (exact) mass is 210 g/mol. The molecular formula is C12H22N2O. The Bertz CT molecular complexity index is 260. The number of allylic oxidation sites excluding steroid dienone is 1. The first-order chi connectivity index (χ1) is 7.24. The zero-order chi connectivity index (χ0) is 10.8. The van der Waals surface area contributed by atoms with Crippen molar-refractivity contribution >= 4 is 0 Å². The summed E-state index contributed by atoms with van der Waals surface area (Å²) in [6.45, 7) is 7.28. The summed E-state index contributed by atoms with van der Waals surface area (Å²) in [5.74, 6) is 0. The molecule has 0 aromatic carbocycles. The Morgan fingerprint density at radius 1 is 1.40 bits per heavy atom. The van der Waals surface area contributed by atoms with E-state index in [0.717, 1.165) is 6.61 Å². The largest absolute Gasteiger partial charge is 0.358 e. The zero-order valence-corrected chi connectivity index (χ0v) is 10.0. The van der Waals surface area contributed by atoms with Gasteiger partial charge < -0.3 is 9.75 Å². The highest BCUT2D eigenvalue weighted by Gasteiger charge is 2.33. The van der Waals surface area contributed by atoms with E-state index in [0.29, 0.717) is 6.04 Å². The average Bonchev–Trinajstić information content (AvgIpc) is 2.59. The second kappa shape index (κ2) is 4.54. The molecule has 0 saturated carbocycles. The Morgan fingerprint density at radius 3 is 2.80 bits per heavy atom. The van der Waals surface area contributed by atoms with Crippen LogP contribution in [0, 0.1) is 0 Å². The van der Waals surface area contributed by atoms with E-state index in [2.05, 4.69) is 31.2 Å². The summed E-state index contributed by atoms with van der Waals surface area (Å²) in [7, 11) is 0. The van der Waals surface area contributed by atoms with Gasteiger partial charge in [0.15, 0.2) is 0 Å². The SMILES string of the molecule is CCOC1NN(C(C)C)C2=C1CCCC2. The van der Waals surface area contributed by atoms with Crippen molar-refractivity contribution in [3.63, 3.8) is 0 Å². The van der Waals surface area contributed by atoms with Crippen LogP contribution in [-0.2, 0) is 4.74 Å². The molecule has 0 spiro atoms. The van der Waals surface area contributed by atoms with E-state index in [1.165, 1.54) is 37.0 Å². The van der Waals surface area contributed by atoms with E-state index in [1.807, 2.05) is 0 Å². The van der Waals surface area contributed by atoms with Gasteiger partial charge in [0.1, 0.15) is 6.23 Å². The number of nitrogens with one attached hydrogen (secondary N) is 1. The van der Waals surface area contributed by atoms with Gasteiger partial charge in [-0.2, -0.15) is 0 Å². The minimum absolute atomic E-state index is 0.146. The van der Waals surface area contributed by atoms with Crippen molar-refractivity contribution in [1.82, 2.24) is 10.4 Å². The lowest BCUT2D eigenvalue weighted by Gasteiger charge is -2.28. The van der Waals surface area contributed by atoms with Gasteiger partial charge in [-0.15, -0.1) is 0 Å². The molecular weight excluding hydrogens is 188 g/mol. The van der Waals surface area contributed by atoms with Crippen molar-refractivity contribution in [1.29, 1.82) is 0 Å². The molecule has 86 valence electrons. The normalized spacial score (nSPS) is 26.4. The van der Waals surface area contributed by atoms with E-state index in [1.54, 1.807) is 0 Å². The molecule has 2 aliphatic rings. The number of ether oxygens (including phenoxy) is 1. The first kappa shape index (κ1) is 11.0. The quantitative estimate of drug-likeness (QED) is 0.774. The van der Waals surface area contributed by atoms with Gasteiger partial charge in [-0.3, -0.25) is 0 Å². The lowest BCUT2D eigenvalue weighted by molar-refractivity contribution is 0.0244. The fourth-order valence-electron chi connectivity index (χ4n) is 2.52. The van der Waals surface area contributed by atoms with Gasteiger partial charge >= 0.3 is 0 Å². The van der Waals surface area contributed by atoms with E-state index in [-0.39, 0.29) is 6.23 Å². The summed E-state index contributed by atoms with van der Waals surface area (Å²) in [6, 6.07) is 0.513. The van der Waals surface area contributed by atoms with Crippen molar-refractivity contribution in [3.8, 4) is 0 Å². The molecule has 0 aromatic heterocycles. The predicted octanol–water partition coefficient (Wildman–Crippen LogP) is 2.41. The Balaban J connectivity index is 2.17. The molecule has 1 unspecified atom stereocenters. The highest BCUT2D eigenvalue weighted by atomic mass is 16.5. The van der Waals surface area contributed by atoms with Crippen LogP contribution in [0.3, 0.4) is 0 Å². The van der Waals surface area contributed by atoms with Crippen LogP contribution in [0.25, 0.3) is 0 Å². The van der Waals surface area contributed by atoms with Crippen LogP contribution in [0.4, 0.5) is 0 Å². The van der Waals surface area contributed by atoms with Gasteiger partial charge in [0.2, 0.25) is 0 Å². The van der Waals surface area contributed by atoms with Crippen LogP contribution >= 0.6 is 0 Å². The second-order valence-corrected chi connectivity index (χ2v) is 4.61. The molecule has 1 N–H and O–H groups in total. The van der Waals surface area contributed by atoms with Gasteiger partial charge in [-0.25, -0.2) is 5.43 Å². The maximum atomic E-state index is 5.74. The van der Waals surface area contributed by atoms with Gasteiger partial charge in [0.05, 0.1) is 0 Å². The molecule has 2 rings (SSSR count). The molecule has 1 aliphatic heterocycles. The summed E-state index contributed by atoms with van der Waals surface area (Å²) < 4.78 is 5.74. The topological polar surface area (TPSA) is 24.5 Å². The highest BCUT2D eigenvalue weighted by molar-refractivity contribution is 5.24. The Kier molecular flexibility index (Phi) is 3.32. The van der Waals surface area contributed by atoms with E-state index in [4.69, 9.17) is 4.74 Å². The van der Waals surface area contributed by atoms with Gasteiger partial charge in [-0.1, -0.05) is 0 Å². The summed E-state index contributed by atoms with van der Waals surface area (Å²) >= 11 is 0.